The Bertz CT molecular complexity index is 763. The van der Waals surface area contributed by atoms with Crippen LogP contribution >= 0.6 is 0 Å². The Balaban J connectivity index is 1.91. The molecule has 1 aliphatic carbocycles. The molecule has 0 unspecified atom stereocenters. The smallest absolute Gasteiger partial charge is 0.257 e. The fraction of sp³-hybridized carbons (Fsp3) is 0.474. The fourth-order valence-electron chi connectivity index (χ4n) is 3.59. The van der Waals surface area contributed by atoms with E-state index in [9.17, 15) is 9.90 Å². The van der Waals surface area contributed by atoms with Crippen LogP contribution in [0.25, 0.3) is 11.3 Å². The highest BCUT2D eigenvalue weighted by molar-refractivity contribution is 6.00. The summed E-state index contributed by atoms with van der Waals surface area (Å²) < 4.78 is 7.05. The van der Waals surface area contributed by atoms with E-state index in [1.54, 1.807) is 37.0 Å². The van der Waals surface area contributed by atoms with Crippen LogP contribution in [0, 0.1) is 0 Å². The molecule has 3 rings (SSSR count). The van der Waals surface area contributed by atoms with Crippen molar-refractivity contribution in [1.29, 1.82) is 0 Å². The Labute approximate surface area is 148 Å². The third kappa shape index (κ3) is 3.54. The predicted octanol–water partition coefficient (Wildman–Crippen LogP) is 2.47. The number of rotatable bonds is 5. The molecule has 6 heteroatoms. The maximum absolute atomic E-state index is 13.0. The highest BCUT2D eigenvalue weighted by atomic mass is 16.5. The summed E-state index contributed by atoms with van der Waals surface area (Å²) in [7, 11) is 5.13. The highest BCUT2D eigenvalue weighted by Crippen LogP contribution is 2.33. The van der Waals surface area contributed by atoms with Crippen molar-refractivity contribution >= 4 is 5.91 Å². The molecular formula is C19H25N3O3. The number of benzene rings is 1. The monoisotopic (exact) mass is 343 g/mol. The molecule has 6 nitrogen and oxygen atoms in total. The summed E-state index contributed by atoms with van der Waals surface area (Å²) in [5.74, 6) is 0.529. The number of aliphatic hydroxyl groups is 1. The zero-order valence-electron chi connectivity index (χ0n) is 15.0. The Morgan fingerprint density at radius 1 is 1.36 bits per heavy atom. The number of aromatic nitrogens is 2. The molecular weight excluding hydrogens is 318 g/mol. The standard InChI is InChI=1S/C19H25N3O3/c1-21(13-19(24)10-6-7-11-19)18(23)15-12-22(2)20-17(15)14-8-4-5-9-16(14)25-3/h4-5,8-9,12,24H,6-7,10-11,13H2,1-3H3. The van der Waals surface area contributed by atoms with Crippen LogP contribution in [0.5, 0.6) is 5.75 Å². The predicted molar refractivity (Wildman–Crippen MR) is 95.6 cm³/mol. The SMILES string of the molecule is COc1ccccc1-c1nn(C)cc1C(=O)N(C)CC1(O)CCCC1. The van der Waals surface area contributed by atoms with E-state index in [1.165, 1.54) is 0 Å². The van der Waals surface area contributed by atoms with Crippen molar-refractivity contribution in [2.75, 3.05) is 20.7 Å². The molecule has 134 valence electrons. The fourth-order valence-corrected chi connectivity index (χ4v) is 3.59. The zero-order valence-corrected chi connectivity index (χ0v) is 15.0. The quantitative estimate of drug-likeness (QED) is 0.906. The second kappa shape index (κ2) is 6.88. The maximum Gasteiger partial charge on any atom is 0.257 e. The number of amides is 1. The second-order valence-corrected chi connectivity index (χ2v) is 6.86. The molecule has 0 bridgehead atoms. The molecule has 0 spiro atoms. The number of hydrogen-bond acceptors (Lipinski definition) is 4. The number of likely N-dealkylation sites (N-methyl/N-ethyl adjacent to an activating group) is 1. The van der Waals surface area contributed by atoms with Crippen LogP contribution in [-0.4, -0.2) is 52.0 Å². The maximum atomic E-state index is 13.0. The first-order chi connectivity index (χ1) is 11.9. The number of carbonyl (C=O) groups excluding carboxylic acids is 1. The summed E-state index contributed by atoms with van der Waals surface area (Å²) >= 11 is 0. The van der Waals surface area contributed by atoms with E-state index in [1.807, 2.05) is 24.3 Å². The summed E-state index contributed by atoms with van der Waals surface area (Å²) in [5.41, 5.74) is 1.12. The van der Waals surface area contributed by atoms with Gasteiger partial charge in [0.2, 0.25) is 0 Å². The van der Waals surface area contributed by atoms with Crippen molar-refractivity contribution in [1.82, 2.24) is 14.7 Å². The summed E-state index contributed by atoms with van der Waals surface area (Å²) in [6.07, 6.45) is 5.24. The molecule has 1 N–H and O–H groups in total. The van der Waals surface area contributed by atoms with Crippen molar-refractivity contribution in [3.8, 4) is 17.0 Å². The van der Waals surface area contributed by atoms with Gasteiger partial charge in [0.15, 0.2) is 0 Å². The van der Waals surface area contributed by atoms with Gasteiger partial charge in [-0.2, -0.15) is 5.10 Å². The lowest BCUT2D eigenvalue weighted by Gasteiger charge is -2.28. The number of carbonyl (C=O) groups is 1. The van der Waals surface area contributed by atoms with Gasteiger partial charge in [0.1, 0.15) is 11.4 Å². The zero-order chi connectivity index (χ0) is 18.0. The van der Waals surface area contributed by atoms with Crippen LogP contribution < -0.4 is 4.74 Å². The van der Waals surface area contributed by atoms with Crippen molar-refractivity contribution in [3.63, 3.8) is 0 Å². The van der Waals surface area contributed by atoms with Crippen molar-refractivity contribution in [2.24, 2.45) is 7.05 Å². The summed E-state index contributed by atoms with van der Waals surface area (Å²) in [4.78, 5) is 14.6. The number of nitrogens with zero attached hydrogens (tertiary/aromatic N) is 3. The average molecular weight is 343 g/mol. The van der Waals surface area contributed by atoms with Crippen molar-refractivity contribution < 1.29 is 14.6 Å². The number of ether oxygens (including phenoxy) is 1. The van der Waals surface area contributed by atoms with E-state index in [0.717, 1.165) is 31.2 Å². The molecule has 25 heavy (non-hydrogen) atoms. The summed E-state index contributed by atoms with van der Waals surface area (Å²) in [6, 6.07) is 7.52. The van der Waals surface area contributed by atoms with Crippen LogP contribution in [0.15, 0.2) is 30.5 Å². The molecule has 1 aliphatic rings. The Morgan fingerprint density at radius 3 is 2.72 bits per heavy atom. The largest absolute Gasteiger partial charge is 0.496 e. The van der Waals surface area contributed by atoms with Gasteiger partial charge in [-0.25, -0.2) is 0 Å². The molecule has 1 amide bonds. The molecule has 1 fully saturated rings. The van der Waals surface area contributed by atoms with Gasteiger partial charge in [0.25, 0.3) is 5.91 Å². The van der Waals surface area contributed by atoms with Crippen LogP contribution in [0.3, 0.4) is 0 Å². The number of aryl methyl sites for hydroxylation is 1. The lowest BCUT2D eigenvalue weighted by molar-refractivity contribution is 0.0157. The van der Waals surface area contributed by atoms with Gasteiger partial charge >= 0.3 is 0 Å². The third-order valence-corrected chi connectivity index (χ3v) is 4.83. The van der Waals surface area contributed by atoms with Gasteiger partial charge in [-0.1, -0.05) is 25.0 Å². The normalized spacial score (nSPS) is 16.0. The first-order valence-electron chi connectivity index (χ1n) is 8.58. The van der Waals surface area contributed by atoms with Crippen LogP contribution in [0.2, 0.25) is 0 Å². The number of para-hydroxylation sites is 1. The molecule has 1 heterocycles. The van der Waals surface area contributed by atoms with E-state index in [2.05, 4.69) is 5.10 Å². The van der Waals surface area contributed by atoms with Gasteiger partial charge in [-0.05, 0) is 25.0 Å². The van der Waals surface area contributed by atoms with Crippen LogP contribution in [-0.2, 0) is 7.05 Å². The van der Waals surface area contributed by atoms with E-state index in [0.29, 0.717) is 23.6 Å². The minimum atomic E-state index is -0.767. The Morgan fingerprint density at radius 2 is 2.04 bits per heavy atom. The van der Waals surface area contributed by atoms with Crippen LogP contribution in [0.4, 0.5) is 0 Å². The summed E-state index contributed by atoms with van der Waals surface area (Å²) in [6.45, 7) is 0.339. The molecule has 0 atom stereocenters. The lowest BCUT2D eigenvalue weighted by atomic mass is 10.0. The van der Waals surface area contributed by atoms with E-state index >= 15 is 0 Å². The highest BCUT2D eigenvalue weighted by Gasteiger charge is 2.34. The number of hydrogen-bond donors (Lipinski definition) is 1. The third-order valence-electron chi connectivity index (χ3n) is 4.83. The Hall–Kier alpha value is -2.34. The lowest BCUT2D eigenvalue weighted by Crippen LogP contribution is -2.42. The Kier molecular flexibility index (Phi) is 4.81. The van der Waals surface area contributed by atoms with Gasteiger partial charge < -0.3 is 14.7 Å². The molecule has 1 aromatic heterocycles. The molecule has 2 aromatic rings. The summed E-state index contributed by atoms with van der Waals surface area (Å²) in [5, 5.41) is 15.1. The first-order valence-corrected chi connectivity index (χ1v) is 8.58. The number of methoxy groups -OCH3 is 1. The van der Waals surface area contributed by atoms with Gasteiger partial charge in [-0.15, -0.1) is 0 Å². The second-order valence-electron chi connectivity index (χ2n) is 6.86. The van der Waals surface area contributed by atoms with E-state index < -0.39 is 5.60 Å². The minimum Gasteiger partial charge on any atom is -0.496 e. The van der Waals surface area contributed by atoms with Crippen molar-refractivity contribution in [2.45, 2.75) is 31.3 Å². The topological polar surface area (TPSA) is 67.6 Å². The van der Waals surface area contributed by atoms with E-state index in [4.69, 9.17) is 4.74 Å². The molecule has 0 radical (unpaired) electrons. The van der Waals surface area contributed by atoms with Gasteiger partial charge in [-0.3, -0.25) is 9.48 Å². The minimum absolute atomic E-state index is 0.144. The average Bonchev–Trinajstić information content (AvgIpc) is 3.20. The molecule has 1 saturated carbocycles. The van der Waals surface area contributed by atoms with E-state index in [-0.39, 0.29) is 5.91 Å². The molecule has 0 saturated heterocycles. The van der Waals surface area contributed by atoms with Gasteiger partial charge in [0.05, 0.1) is 18.3 Å². The van der Waals surface area contributed by atoms with Crippen LogP contribution in [0.1, 0.15) is 36.0 Å². The van der Waals surface area contributed by atoms with Crippen molar-refractivity contribution in [3.05, 3.63) is 36.0 Å². The molecule has 1 aromatic carbocycles. The molecule has 0 aliphatic heterocycles. The van der Waals surface area contributed by atoms with Gasteiger partial charge in [0, 0.05) is 32.4 Å². The first kappa shape index (κ1) is 17.5.